The molecule has 30 heavy (non-hydrogen) atoms. The number of anilines is 2. The third-order valence-corrected chi connectivity index (χ3v) is 6.18. The number of carbonyl (C=O) groups excluding carboxylic acids is 1. The van der Waals surface area contributed by atoms with Crippen LogP contribution in [0, 0.1) is 27.7 Å². The number of hydrogen-bond donors (Lipinski definition) is 2. The number of hydrogen-bond acceptors (Lipinski definition) is 6. The molecular weight excluding hydrogens is 396 g/mol. The second kappa shape index (κ2) is 9.26. The Morgan fingerprint density at radius 2 is 1.90 bits per heavy atom. The van der Waals surface area contributed by atoms with Gasteiger partial charge in [0, 0.05) is 11.4 Å². The molecular formula is C23H28N4O2S. The van der Waals surface area contributed by atoms with Crippen molar-refractivity contribution in [3.05, 3.63) is 46.5 Å². The molecule has 6 nitrogen and oxygen atoms in total. The Balaban J connectivity index is 1.74. The van der Waals surface area contributed by atoms with Crippen LogP contribution < -0.4 is 15.5 Å². The summed E-state index contributed by atoms with van der Waals surface area (Å²) in [6.45, 7) is 12.0. The zero-order valence-electron chi connectivity index (χ0n) is 18.3. The van der Waals surface area contributed by atoms with Crippen LogP contribution >= 0.6 is 11.3 Å². The van der Waals surface area contributed by atoms with E-state index >= 15 is 0 Å². The molecule has 0 bridgehead atoms. The molecule has 2 aromatic carbocycles. The number of nitrogens with zero attached hydrogens (tertiary/aromatic N) is 2. The van der Waals surface area contributed by atoms with Crippen molar-refractivity contribution in [1.29, 1.82) is 0 Å². The minimum Gasteiger partial charge on any atom is -0.484 e. The molecule has 0 fully saturated rings. The Kier molecular flexibility index (Phi) is 6.72. The summed E-state index contributed by atoms with van der Waals surface area (Å²) in [7, 11) is 0. The van der Waals surface area contributed by atoms with Gasteiger partial charge in [0.25, 0.3) is 5.91 Å². The molecule has 0 spiro atoms. The van der Waals surface area contributed by atoms with Crippen molar-refractivity contribution in [1.82, 2.24) is 4.98 Å². The first-order valence-corrected chi connectivity index (χ1v) is 10.8. The fourth-order valence-corrected chi connectivity index (χ4v) is 3.87. The Bertz CT molecular complexity index is 1120. The molecule has 0 radical (unpaired) electrons. The number of aromatic nitrogens is 1. The first-order chi connectivity index (χ1) is 14.3. The summed E-state index contributed by atoms with van der Waals surface area (Å²) in [5, 5.41) is 8.06. The normalized spacial score (nSPS) is 11.6. The maximum Gasteiger partial charge on any atom is 0.262 e. The first-order valence-electron chi connectivity index (χ1n) is 9.98. The van der Waals surface area contributed by atoms with Gasteiger partial charge >= 0.3 is 0 Å². The number of aryl methyl sites for hydroxylation is 4. The zero-order chi connectivity index (χ0) is 21.8. The van der Waals surface area contributed by atoms with Gasteiger partial charge in [0.15, 0.2) is 6.61 Å². The second-order valence-corrected chi connectivity index (χ2v) is 8.46. The molecule has 158 valence electrons. The number of hydrazone groups is 1. The van der Waals surface area contributed by atoms with E-state index in [4.69, 9.17) is 4.74 Å². The summed E-state index contributed by atoms with van der Waals surface area (Å²) in [5.41, 5.74) is 10.0. The van der Waals surface area contributed by atoms with Crippen LogP contribution in [-0.4, -0.2) is 23.2 Å². The Morgan fingerprint density at radius 1 is 1.13 bits per heavy atom. The predicted octanol–water partition coefficient (Wildman–Crippen LogP) is 5.75. The summed E-state index contributed by atoms with van der Waals surface area (Å²) >= 11 is 1.53. The molecule has 2 N–H and O–H groups in total. The van der Waals surface area contributed by atoms with Gasteiger partial charge in [-0.2, -0.15) is 5.10 Å². The number of ether oxygens (including phenoxy) is 1. The third kappa shape index (κ3) is 4.97. The van der Waals surface area contributed by atoms with Crippen LogP contribution in [0.15, 0.2) is 29.4 Å². The van der Waals surface area contributed by atoms with Gasteiger partial charge in [-0.15, -0.1) is 0 Å². The van der Waals surface area contributed by atoms with Crippen molar-refractivity contribution in [3.8, 4) is 5.75 Å². The molecule has 0 aliphatic carbocycles. The maximum atomic E-state index is 12.5. The molecule has 1 aromatic heterocycles. The van der Waals surface area contributed by atoms with E-state index < -0.39 is 0 Å². The summed E-state index contributed by atoms with van der Waals surface area (Å²) in [6, 6.07) is 7.80. The molecule has 3 aromatic rings. The fourth-order valence-electron chi connectivity index (χ4n) is 2.98. The molecule has 0 aliphatic rings. The van der Waals surface area contributed by atoms with E-state index in [1.54, 1.807) is 0 Å². The van der Waals surface area contributed by atoms with Crippen molar-refractivity contribution >= 4 is 44.0 Å². The van der Waals surface area contributed by atoms with Gasteiger partial charge in [0.2, 0.25) is 5.13 Å². The van der Waals surface area contributed by atoms with Gasteiger partial charge in [0.05, 0.1) is 10.2 Å². The van der Waals surface area contributed by atoms with Crippen molar-refractivity contribution < 1.29 is 9.53 Å². The standard InChI is InChI=1S/C23H28N4O2S/c1-7-16(5)26-27-23-24-19-11-15(4)21(17(6)22(19)30-23)25-20(28)12-29-18-9-8-13(2)14(3)10-18/h8-11H,7,12H2,1-6H3,(H,24,27)(H,25,28)/b26-16-. The Morgan fingerprint density at radius 3 is 2.60 bits per heavy atom. The van der Waals surface area contributed by atoms with E-state index in [0.717, 1.165) is 49.9 Å². The number of carbonyl (C=O) groups is 1. The van der Waals surface area contributed by atoms with Crippen LogP contribution in [0.3, 0.4) is 0 Å². The molecule has 0 saturated heterocycles. The Labute approximate surface area is 181 Å². The van der Waals surface area contributed by atoms with Crippen molar-refractivity contribution in [2.24, 2.45) is 5.10 Å². The van der Waals surface area contributed by atoms with E-state index in [1.165, 1.54) is 16.9 Å². The van der Waals surface area contributed by atoms with E-state index in [0.29, 0.717) is 5.75 Å². The van der Waals surface area contributed by atoms with E-state index in [1.807, 2.05) is 58.9 Å². The average Bonchev–Trinajstić information content (AvgIpc) is 3.13. The SMILES string of the molecule is CC/C(C)=N\Nc1nc2cc(C)c(NC(=O)COc3ccc(C)c(C)c3)c(C)c2s1. The smallest absolute Gasteiger partial charge is 0.262 e. The van der Waals surface area contributed by atoms with Crippen LogP contribution in [0.1, 0.15) is 42.5 Å². The van der Waals surface area contributed by atoms with Crippen LogP contribution in [0.5, 0.6) is 5.75 Å². The van der Waals surface area contributed by atoms with Gasteiger partial charge in [-0.25, -0.2) is 4.98 Å². The number of thiazole rings is 1. The lowest BCUT2D eigenvalue weighted by Crippen LogP contribution is -2.21. The van der Waals surface area contributed by atoms with Gasteiger partial charge in [-0.05, 0) is 81.5 Å². The van der Waals surface area contributed by atoms with Crippen molar-refractivity contribution in [3.63, 3.8) is 0 Å². The molecule has 1 heterocycles. The van der Waals surface area contributed by atoms with Crippen LogP contribution in [-0.2, 0) is 4.79 Å². The monoisotopic (exact) mass is 424 g/mol. The van der Waals surface area contributed by atoms with E-state index in [2.05, 4.69) is 27.8 Å². The van der Waals surface area contributed by atoms with Crippen LogP contribution in [0.2, 0.25) is 0 Å². The van der Waals surface area contributed by atoms with Crippen molar-refractivity contribution in [2.75, 3.05) is 17.3 Å². The topological polar surface area (TPSA) is 75.6 Å². The molecule has 0 saturated carbocycles. The highest BCUT2D eigenvalue weighted by Crippen LogP contribution is 2.35. The molecule has 0 unspecified atom stereocenters. The highest BCUT2D eigenvalue weighted by Gasteiger charge is 2.15. The lowest BCUT2D eigenvalue weighted by atomic mass is 10.1. The highest BCUT2D eigenvalue weighted by molar-refractivity contribution is 7.22. The van der Waals surface area contributed by atoms with Crippen LogP contribution in [0.4, 0.5) is 10.8 Å². The predicted molar refractivity (Wildman–Crippen MR) is 126 cm³/mol. The minimum atomic E-state index is -0.190. The van der Waals surface area contributed by atoms with E-state index in [-0.39, 0.29) is 12.5 Å². The molecule has 1 amide bonds. The second-order valence-electron chi connectivity index (χ2n) is 7.46. The zero-order valence-corrected chi connectivity index (χ0v) is 19.2. The molecule has 7 heteroatoms. The third-order valence-electron chi connectivity index (χ3n) is 5.08. The summed E-state index contributed by atoms with van der Waals surface area (Å²) in [6.07, 6.45) is 0.885. The van der Waals surface area contributed by atoms with Gasteiger partial charge in [-0.3, -0.25) is 10.2 Å². The summed E-state index contributed by atoms with van der Waals surface area (Å²) < 4.78 is 6.69. The summed E-state index contributed by atoms with van der Waals surface area (Å²) in [4.78, 5) is 17.1. The van der Waals surface area contributed by atoms with Gasteiger partial charge in [-0.1, -0.05) is 24.3 Å². The number of rotatable bonds is 7. The lowest BCUT2D eigenvalue weighted by molar-refractivity contribution is -0.118. The highest BCUT2D eigenvalue weighted by atomic mass is 32.1. The summed E-state index contributed by atoms with van der Waals surface area (Å²) in [5.74, 6) is 0.503. The molecule has 0 atom stereocenters. The van der Waals surface area contributed by atoms with Gasteiger partial charge in [0.1, 0.15) is 5.75 Å². The van der Waals surface area contributed by atoms with Crippen molar-refractivity contribution in [2.45, 2.75) is 48.0 Å². The molecule has 0 aliphatic heterocycles. The first kappa shape index (κ1) is 21.8. The Hall–Kier alpha value is -2.93. The van der Waals surface area contributed by atoms with Gasteiger partial charge < -0.3 is 10.1 Å². The number of amides is 1. The largest absolute Gasteiger partial charge is 0.484 e. The minimum absolute atomic E-state index is 0.0417. The number of nitrogens with one attached hydrogen (secondary N) is 2. The maximum absolute atomic E-state index is 12.5. The quantitative estimate of drug-likeness (QED) is 0.374. The van der Waals surface area contributed by atoms with Crippen LogP contribution in [0.25, 0.3) is 10.2 Å². The number of fused-ring (bicyclic) bond motifs is 1. The van der Waals surface area contributed by atoms with E-state index in [9.17, 15) is 4.79 Å². The number of benzene rings is 2. The lowest BCUT2D eigenvalue weighted by Gasteiger charge is -2.13. The fraction of sp³-hybridized carbons (Fsp3) is 0.348. The molecule has 3 rings (SSSR count). The average molecular weight is 425 g/mol.